The van der Waals surface area contributed by atoms with E-state index in [-0.39, 0.29) is 0 Å². The first-order valence-electron chi connectivity index (χ1n) is 5.84. The van der Waals surface area contributed by atoms with E-state index < -0.39 is 0 Å². The van der Waals surface area contributed by atoms with E-state index in [1.807, 2.05) is 31.2 Å². The predicted octanol–water partition coefficient (Wildman–Crippen LogP) is 2.64. The Bertz CT molecular complexity index is 497. The number of pyridine rings is 1. The van der Waals surface area contributed by atoms with Gasteiger partial charge in [-0.3, -0.25) is 4.98 Å². The lowest BCUT2D eigenvalue weighted by Gasteiger charge is -2.07. The largest absolute Gasteiger partial charge is 0.494 e. The predicted molar refractivity (Wildman–Crippen MR) is 70.6 cm³/mol. The molecule has 1 aromatic heterocycles. The lowest BCUT2D eigenvalue weighted by molar-refractivity contribution is 0.299. The first kappa shape index (κ1) is 12.2. The van der Waals surface area contributed by atoms with Gasteiger partial charge in [0.15, 0.2) is 0 Å². The van der Waals surface area contributed by atoms with Crippen molar-refractivity contribution in [2.45, 2.75) is 13.5 Å². The van der Waals surface area contributed by atoms with Crippen LogP contribution in [0.1, 0.15) is 12.6 Å². The van der Waals surface area contributed by atoms with Crippen molar-refractivity contribution < 1.29 is 9.47 Å². The summed E-state index contributed by atoms with van der Waals surface area (Å²) in [5.74, 6) is 1.62. The zero-order valence-corrected chi connectivity index (χ0v) is 10.3. The van der Waals surface area contributed by atoms with Crippen LogP contribution in [0.3, 0.4) is 0 Å². The van der Waals surface area contributed by atoms with Gasteiger partial charge in [0.2, 0.25) is 0 Å². The molecule has 0 radical (unpaired) electrons. The summed E-state index contributed by atoms with van der Waals surface area (Å²) in [6.45, 7) is 3.02. The highest BCUT2D eigenvalue weighted by Crippen LogP contribution is 2.18. The van der Waals surface area contributed by atoms with Crippen molar-refractivity contribution >= 4 is 5.69 Å². The van der Waals surface area contributed by atoms with Crippen LogP contribution in [-0.2, 0) is 6.61 Å². The molecule has 0 saturated heterocycles. The topological polar surface area (TPSA) is 57.4 Å². The second kappa shape index (κ2) is 5.91. The third-order valence-corrected chi connectivity index (χ3v) is 2.36. The molecule has 0 atom stereocenters. The molecular weight excluding hydrogens is 228 g/mol. The Hall–Kier alpha value is -2.23. The third-order valence-electron chi connectivity index (χ3n) is 2.36. The number of benzene rings is 1. The van der Waals surface area contributed by atoms with Crippen molar-refractivity contribution in [2.75, 3.05) is 12.3 Å². The van der Waals surface area contributed by atoms with E-state index in [0.29, 0.717) is 18.9 Å². The monoisotopic (exact) mass is 244 g/mol. The smallest absolute Gasteiger partial charge is 0.130 e. The zero-order chi connectivity index (χ0) is 12.8. The van der Waals surface area contributed by atoms with Crippen LogP contribution in [0.2, 0.25) is 0 Å². The van der Waals surface area contributed by atoms with Crippen molar-refractivity contribution in [1.82, 2.24) is 4.98 Å². The molecule has 1 aromatic carbocycles. The van der Waals surface area contributed by atoms with Crippen molar-refractivity contribution in [3.05, 3.63) is 48.3 Å². The summed E-state index contributed by atoms with van der Waals surface area (Å²) in [6.07, 6.45) is 1.67. The van der Waals surface area contributed by atoms with Gasteiger partial charge in [0.1, 0.15) is 18.1 Å². The van der Waals surface area contributed by atoms with Crippen LogP contribution < -0.4 is 15.2 Å². The summed E-state index contributed by atoms with van der Waals surface area (Å²) < 4.78 is 11.0. The summed E-state index contributed by atoms with van der Waals surface area (Å²) in [4.78, 5) is 4.17. The summed E-state index contributed by atoms with van der Waals surface area (Å²) in [5, 5.41) is 0. The van der Waals surface area contributed by atoms with E-state index in [2.05, 4.69) is 4.98 Å². The lowest BCUT2D eigenvalue weighted by Crippen LogP contribution is -1.99. The summed E-state index contributed by atoms with van der Waals surface area (Å²) >= 11 is 0. The van der Waals surface area contributed by atoms with Gasteiger partial charge in [-0.25, -0.2) is 0 Å². The third kappa shape index (κ3) is 3.38. The number of nitrogens with two attached hydrogens (primary N) is 1. The van der Waals surface area contributed by atoms with Gasteiger partial charge in [0.25, 0.3) is 0 Å². The maximum absolute atomic E-state index is 5.67. The highest BCUT2D eigenvalue weighted by molar-refractivity contribution is 5.37. The van der Waals surface area contributed by atoms with Gasteiger partial charge in [-0.05, 0) is 43.3 Å². The normalized spacial score (nSPS) is 10.1. The van der Waals surface area contributed by atoms with Gasteiger partial charge in [0.05, 0.1) is 12.3 Å². The Morgan fingerprint density at radius 1 is 1.06 bits per heavy atom. The molecule has 0 saturated carbocycles. The number of nitrogen functional groups attached to an aromatic ring is 1. The Kier molecular flexibility index (Phi) is 4.02. The molecule has 2 aromatic rings. The molecule has 0 aliphatic carbocycles. The van der Waals surface area contributed by atoms with Crippen LogP contribution in [0, 0.1) is 0 Å². The summed E-state index contributed by atoms with van der Waals surface area (Å²) in [7, 11) is 0. The number of rotatable bonds is 5. The van der Waals surface area contributed by atoms with Crippen molar-refractivity contribution in [3.8, 4) is 11.5 Å². The summed E-state index contributed by atoms with van der Waals surface area (Å²) in [6, 6.07) is 11.1. The van der Waals surface area contributed by atoms with E-state index in [1.165, 1.54) is 0 Å². The molecule has 0 fully saturated rings. The van der Waals surface area contributed by atoms with Crippen LogP contribution in [0.5, 0.6) is 11.5 Å². The molecule has 4 nitrogen and oxygen atoms in total. The van der Waals surface area contributed by atoms with E-state index in [9.17, 15) is 0 Å². The second-order valence-corrected chi connectivity index (χ2v) is 3.77. The molecule has 4 heteroatoms. The first-order chi connectivity index (χ1) is 8.78. The van der Waals surface area contributed by atoms with E-state index in [0.717, 1.165) is 17.2 Å². The summed E-state index contributed by atoms with van der Waals surface area (Å²) in [5.41, 5.74) is 7.17. The van der Waals surface area contributed by atoms with E-state index in [4.69, 9.17) is 15.2 Å². The average Bonchev–Trinajstić information content (AvgIpc) is 2.38. The fourth-order valence-electron chi connectivity index (χ4n) is 1.53. The fraction of sp³-hybridized carbons (Fsp3) is 0.214. The van der Waals surface area contributed by atoms with Crippen LogP contribution in [0.25, 0.3) is 0 Å². The van der Waals surface area contributed by atoms with Gasteiger partial charge in [-0.15, -0.1) is 0 Å². The minimum absolute atomic E-state index is 0.402. The van der Waals surface area contributed by atoms with Gasteiger partial charge in [-0.1, -0.05) is 0 Å². The van der Waals surface area contributed by atoms with Crippen LogP contribution in [-0.4, -0.2) is 11.6 Å². The molecule has 1 heterocycles. The minimum Gasteiger partial charge on any atom is -0.494 e. The molecule has 18 heavy (non-hydrogen) atoms. The van der Waals surface area contributed by atoms with Crippen LogP contribution >= 0.6 is 0 Å². The van der Waals surface area contributed by atoms with Crippen molar-refractivity contribution in [3.63, 3.8) is 0 Å². The molecule has 0 aliphatic rings. The highest BCUT2D eigenvalue weighted by Gasteiger charge is 1.98. The SMILES string of the molecule is CCOc1ccc(OCc2cc(N)ccn2)cc1. The number of anilines is 1. The molecule has 0 bridgehead atoms. The maximum Gasteiger partial charge on any atom is 0.130 e. The molecule has 0 unspecified atom stereocenters. The molecule has 2 N–H and O–H groups in total. The van der Waals surface area contributed by atoms with Crippen LogP contribution in [0.4, 0.5) is 5.69 Å². The molecule has 0 aliphatic heterocycles. The highest BCUT2D eigenvalue weighted by atomic mass is 16.5. The Morgan fingerprint density at radius 3 is 2.33 bits per heavy atom. The number of aromatic nitrogens is 1. The van der Waals surface area contributed by atoms with E-state index >= 15 is 0 Å². The first-order valence-corrected chi connectivity index (χ1v) is 5.84. The molecule has 0 amide bonds. The van der Waals surface area contributed by atoms with Gasteiger partial charge in [-0.2, -0.15) is 0 Å². The van der Waals surface area contributed by atoms with Crippen molar-refractivity contribution in [2.24, 2.45) is 0 Å². The van der Waals surface area contributed by atoms with Gasteiger partial charge in [0, 0.05) is 11.9 Å². The quantitative estimate of drug-likeness (QED) is 0.878. The zero-order valence-electron chi connectivity index (χ0n) is 10.3. The van der Waals surface area contributed by atoms with Gasteiger partial charge >= 0.3 is 0 Å². The number of nitrogens with zero attached hydrogens (tertiary/aromatic N) is 1. The molecular formula is C14H16N2O2. The average molecular weight is 244 g/mol. The van der Waals surface area contributed by atoms with Gasteiger partial charge < -0.3 is 15.2 Å². The molecule has 2 rings (SSSR count). The Balaban J connectivity index is 1.93. The van der Waals surface area contributed by atoms with Crippen LogP contribution in [0.15, 0.2) is 42.6 Å². The lowest BCUT2D eigenvalue weighted by atomic mass is 10.3. The number of hydrogen-bond acceptors (Lipinski definition) is 4. The van der Waals surface area contributed by atoms with E-state index in [1.54, 1.807) is 18.3 Å². The number of ether oxygens (including phenoxy) is 2. The number of hydrogen-bond donors (Lipinski definition) is 1. The minimum atomic E-state index is 0.402. The maximum atomic E-state index is 5.67. The fourth-order valence-corrected chi connectivity index (χ4v) is 1.53. The Labute approximate surface area is 106 Å². The molecule has 0 spiro atoms. The Morgan fingerprint density at radius 2 is 1.72 bits per heavy atom. The standard InChI is InChI=1S/C14H16N2O2/c1-2-17-13-3-5-14(6-4-13)18-10-12-9-11(15)7-8-16-12/h3-9H,2,10H2,1H3,(H2,15,16). The second-order valence-electron chi connectivity index (χ2n) is 3.77. The van der Waals surface area contributed by atoms with Crippen molar-refractivity contribution in [1.29, 1.82) is 0 Å². The molecule has 94 valence electrons.